The molecule has 0 aromatic carbocycles. The molecule has 7 heteroatoms. The van der Waals surface area contributed by atoms with E-state index >= 15 is 0 Å². The Morgan fingerprint density at radius 1 is 1.48 bits per heavy atom. The van der Waals surface area contributed by atoms with Gasteiger partial charge < -0.3 is 9.47 Å². The molecule has 0 atom stereocenters. The Bertz CT molecular complexity index is 765. The van der Waals surface area contributed by atoms with Gasteiger partial charge in [0.15, 0.2) is 5.60 Å². The summed E-state index contributed by atoms with van der Waals surface area (Å²) in [6, 6.07) is 6.11. The van der Waals surface area contributed by atoms with Crippen molar-refractivity contribution >= 4 is 55.9 Å². The van der Waals surface area contributed by atoms with Gasteiger partial charge in [-0.25, -0.2) is 4.98 Å². The van der Waals surface area contributed by atoms with Gasteiger partial charge in [-0.05, 0) is 37.5 Å². The van der Waals surface area contributed by atoms with E-state index in [-0.39, 0.29) is 12.1 Å². The van der Waals surface area contributed by atoms with E-state index in [1.165, 1.54) is 18.7 Å². The summed E-state index contributed by atoms with van der Waals surface area (Å²) in [5.74, 6) is -0.280. The molecule has 1 aliphatic carbocycles. The van der Waals surface area contributed by atoms with E-state index in [4.69, 9.17) is 21.7 Å². The van der Waals surface area contributed by atoms with Gasteiger partial charge in [0.2, 0.25) is 4.38 Å². The van der Waals surface area contributed by atoms with Gasteiger partial charge in [-0.15, -0.1) is 11.3 Å². The van der Waals surface area contributed by atoms with E-state index in [1.54, 1.807) is 11.3 Å². The molecular weight excluding hydrogens is 350 g/mol. The second-order valence-corrected chi connectivity index (χ2v) is 8.09. The summed E-state index contributed by atoms with van der Waals surface area (Å²) in [5, 5.41) is 1.08. The highest BCUT2D eigenvalue weighted by atomic mass is 32.2. The average Bonchev–Trinajstić information content (AvgIpc) is 2.87. The van der Waals surface area contributed by atoms with Crippen molar-refractivity contribution in [1.29, 1.82) is 0 Å². The highest BCUT2D eigenvalue weighted by Crippen LogP contribution is 2.50. The molecule has 23 heavy (non-hydrogen) atoms. The molecule has 3 rings (SSSR count). The molecule has 0 unspecified atom stereocenters. The molecule has 0 bridgehead atoms. The summed E-state index contributed by atoms with van der Waals surface area (Å²) in [7, 11) is 0. The summed E-state index contributed by atoms with van der Waals surface area (Å²) in [6.07, 6.45) is 3.13. The second-order valence-electron chi connectivity index (χ2n) is 5.65. The van der Waals surface area contributed by atoms with Crippen molar-refractivity contribution in [3.63, 3.8) is 0 Å². The van der Waals surface area contributed by atoms with Crippen LogP contribution in [0.15, 0.2) is 18.2 Å². The van der Waals surface area contributed by atoms with Crippen LogP contribution < -0.4 is 0 Å². The van der Waals surface area contributed by atoms with E-state index in [2.05, 4.69) is 17.1 Å². The van der Waals surface area contributed by atoms with E-state index in [1.807, 2.05) is 19.2 Å². The number of ether oxygens (including phenoxy) is 2. The van der Waals surface area contributed by atoms with Crippen LogP contribution in [0.1, 0.15) is 30.3 Å². The third-order valence-electron chi connectivity index (χ3n) is 3.85. The molecule has 1 fully saturated rings. The number of hydrogen-bond donors (Lipinski definition) is 0. The first-order chi connectivity index (χ1) is 10.9. The molecule has 2 aromatic heterocycles. The molecule has 0 aliphatic heterocycles. The standard InChI is InChI=1S/C16H17NO3S3/c1-9-4-5-11-6-13(23-14(11)17-9)16(20-10(2)18)7-12(8-16)19-15(21)22-3/h4-6,12H,7-8H2,1-3H3. The lowest BCUT2D eigenvalue weighted by atomic mass is 9.76. The number of pyridine rings is 1. The number of thiocarbonyl (C=S) groups is 1. The summed E-state index contributed by atoms with van der Waals surface area (Å²) < 4.78 is 11.9. The van der Waals surface area contributed by atoms with Crippen molar-refractivity contribution in [2.75, 3.05) is 6.26 Å². The Balaban J connectivity index is 1.87. The molecule has 0 amide bonds. The quantitative estimate of drug-likeness (QED) is 0.599. The Morgan fingerprint density at radius 2 is 2.22 bits per heavy atom. The minimum atomic E-state index is -0.607. The minimum absolute atomic E-state index is 0.00536. The number of carbonyl (C=O) groups excluding carboxylic acids is 1. The fraction of sp³-hybridized carbons (Fsp3) is 0.438. The number of carbonyl (C=O) groups is 1. The number of hydrogen-bond acceptors (Lipinski definition) is 7. The lowest BCUT2D eigenvalue weighted by Gasteiger charge is -2.45. The van der Waals surface area contributed by atoms with E-state index in [0.717, 1.165) is 20.8 Å². The normalized spacial score (nSPS) is 23.3. The van der Waals surface area contributed by atoms with Gasteiger partial charge in [-0.1, -0.05) is 17.8 Å². The van der Waals surface area contributed by atoms with Crippen LogP contribution in [0.4, 0.5) is 0 Å². The summed E-state index contributed by atoms with van der Waals surface area (Å²) in [6.45, 7) is 3.41. The smallest absolute Gasteiger partial charge is 0.303 e. The van der Waals surface area contributed by atoms with Crippen molar-refractivity contribution in [3.05, 3.63) is 28.8 Å². The number of thioether (sulfide) groups is 1. The van der Waals surface area contributed by atoms with Crippen LogP contribution in [0.3, 0.4) is 0 Å². The zero-order chi connectivity index (χ0) is 16.6. The molecule has 0 radical (unpaired) electrons. The largest absolute Gasteiger partial charge is 0.475 e. The minimum Gasteiger partial charge on any atom is -0.475 e. The number of aromatic nitrogens is 1. The molecule has 0 N–H and O–H groups in total. The molecule has 0 saturated heterocycles. The molecule has 4 nitrogen and oxygen atoms in total. The molecule has 2 aromatic rings. The van der Waals surface area contributed by atoms with E-state index in [9.17, 15) is 4.79 Å². The van der Waals surface area contributed by atoms with Crippen molar-refractivity contribution in [3.8, 4) is 0 Å². The van der Waals surface area contributed by atoms with Crippen molar-refractivity contribution in [1.82, 2.24) is 4.98 Å². The molecule has 122 valence electrons. The van der Waals surface area contributed by atoms with Crippen molar-refractivity contribution in [2.24, 2.45) is 0 Å². The van der Waals surface area contributed by atoms with Crippen LogP contribution in [0.5, 0.6) is 0 Å². The first-order valence-corrected chi connectivity index (χ1v) is 9.69. The van der Waals surface area contributed by atoms with Crippen LogP contribution >= 0.6 is 35.3 Å². The third-order valence-corrected chi connectivity index (χ3v) is 6.11. The SMILES string of the molecule is CSC(=S)OC1CC(OC(C)=O)(c2cc3ccc(C)nc3s2)C1. The Labute approximate surface area is 148 Å². The van der Waals surface area contributed by atoms with Gasteiger partial charge in [-0.2, -0.15) is 0 Å². The van der Waals surface area contributed by atoms with Crippen molar-refractivity contribution in [2.45, 2.75) is 38.4 Å². The lowest BCUT2D eigenvalue weighted by molar-refractivity contribution is -0.181. The van der Waals surface area contributed by atoms with Gasteiger partial charge in [-0.3, -0.25) is 4.79 Å². The Morgan fingerprint density at radius 3 is 2.87 bits per heavy atom. The number of aryl methyl sites for hydroxylation is 1. The highest BCUT2D eigenvalue weighted by molar-refractivity contribution is 8.22. The number of esters is 1. The first kappa shape index (κ1) is 16.7. The van der Waals surface area contributed by atoms with Crippen LogP contribution in [0.2, 0.25) is 0 Å². The average molecular weight is 368 g/mol. The van der Waals surface area contributed by atoms with Crippen LogP contribution in [0, 0.1) is 6.92 Å². The summed E-state index contributed by atoms with van der Waals surface area (Å²) >= 11 is 8.10. The highest BCUT2D eigenvalue weighted by Gasteiger charge is 2.51. The van der Waals surface area contributed by atoms with Crippen LogP contribution in [-0.2, 0) is 19.9 Å². The van der Waals surface area contributed by atoms with Gasteiger partial charge in [0.1, 0.15) is 10.9 Å². The second kappa shape index (κ2) is 6.37. The number of thiophene rings is 1. The maximum atomic E-state index is 11.6. The molecule has 0 spiro atoms. The predicted molar refractivity (Wildman–Crippen MR) is 98.0 cm³/mol. The Hall–Kier alpha value is -1.18. The van der Waals surface area contributed by atoms with Crippen molar-refractivity contribution < 1.29 is 14.3 Å². The summed E-state index contributed by atoms with van der Waals surface area (Å²) in [4.78, 5) is 18.1. The van der Waals surface area contributed by atoms with Gasteiger partial charge in [0.25, 0.3) is 0 Å². The third kappa shape index (κ3) is 3.36. The van der Waals surface area contributed by atoms with Gasteiger partial charge in [0, 0.05) is 30.8 Å². The fourth-order valence-corrected chi connectivity index (χ4v) is 4.38. The Kier molecular flexibility index (Phi) is 4.62. The topological polar surface area (TPSA) is 48.4 Å². The maximum absolute atomic E-state index is 11.6. The predicted octanol–water partition coefficient (Wildman–Crippen LogP) is 4.19. The number of nitrogens with zero attached hydrogens (tertiary/aromatic N) is 1. The molecule has 1 saturated carbocycles. The zero-order valence-corrected chi connectivity index (χ0v) is 15.6. The van der Waals surface area contributed by atoms with E-state index < -0.39 is 5.60 Å². The molecular formula is C16H17NO3S3. The van der Waals surface area contributed by atoms with Gasteiger partial charge in [0.05, 0.1) is 4.88 Å². The maximum Gasteiger partial charge on any atom is 0.303 e. The number of fused-ring (bicyclic) bond motifs is 1. The monoisotopic (exact) mass is 367 g/mol. The summed E-state index contributed by atoms with van der Waals surface area (Å²) in [5.41, 5.74) is 0.372. The van der Waals surface area contributed by atoms with Crippen LogP contribution in [0.25, 0.3) is 10.2 Å². The zero-order valence-electron chi connectivity index (χ0n) is 13.1. The van der Waals surface area contributed by atoms with Gasteiger partial charge >= 0.3 is 5.97 Å². The molecule has 2 heterocycles. The first-order valence-electron chi connectivity index (χ1n) is 7.24. The lowest BCUT2D eigenvalue weighted by Crippen LogP contribution is -2.48. The van der Waals surface area contributed by atoms with Crippen LogP contribution in [-0.4, -0.2) is 27.7 Å². The number of rotatable bonds is 3. The van der Waals surface area contributed by atoms with E-state index in [0.29, 0.717) is 17.2 Å². The molecule has 1 aliphatic rings. The fourth-order valence-electron chi connectivity index (χ4n) is 2.79.